The van der Waals surface area contributed by atoms with Crippen molar-refractivity contribution in [2.24, 2.45) is 0 Å². The topological polar surface area (TPSA) is 70.7 Å². The van der Waals surface area contributed by atoms with E-state index in [2.05, 4.69) is 22.1 Å². The molecule has 126 valence electrons. The largest absolute Gasteiger partial charge is 0.450 e. The smallest absolute Gasteiger partial charge is 0.411 e. The van der Waals surface area contributed by atoms with Gasteiger partial charge in [-0.05, 0) is 54.6 Å². The van der Waals surface area contributed by atoms with E-state index in [1.807, 2.05) is 0 Å². The second-order valence-electron chi connectivity index (χ2n) is 5.39. The molecule has 7 heteroatoms. The molecule has 2 aromatic rings. The molecule has 2 heterocycles. The van der Waals surface area contributed by atoms with E-state index in [1.54, 1.807) is 47.4 Å². The number of anilines is 2. The maximum atomic E-state index is 12.4. The number of carbonyl (C=O) groups excluding carboxylic acids is 2. The Morgan fingerprint density at radius 2 is 1.88 bits per heavy atom. The molecule has 0 saturated heterocycles. The molecule has 0 radical (unpaired) electrons. The molecule has 1 aliphatic rings. The van der Waals surface area contributed by atoms with Gasteiger partial charge in [0.25, 0.3) is 0 Å². The van der Waals surface area contributed by atoms with Crippen LogP contribution in [0.2, 0.25) is 0 Å². The summed E-state index contributed by atoms with van der Waals surface area (Å²) in [6, 6.07) is 8.91. The summed E-state index contributed by atoms with van der Waals surface area (Å²) in [6.07, 6.45) is 0.414. The van der Waals surface area contributed by atoms with Gasteiger partial charge in [0, 0.05) is 29.3 Å². The first-order valence-electron chi connectivity index (χ1n) is 7.80. The van der Waals surface area contributed by atoms with Crippen molar-refractivity contribution in [1.82, 2.24) is 4.90 Å². The Balaban J connectivity index is 1.56. The van der Waals surface area contributed by atoms with Crippen molar-refractivity contribution in [3.05, 3.63) is 46.2 Å². The lowest BCUT2D eigenvalue weighted by atomic mass is 10.1. The van der Waals surface area contributed by atoms with Crippen molar-refractivity contribution >= 4 is 34.8 Å². The van der Waals surface area contributed by atoms with E-state index in [-0.39, 0.29) is 6.03 Å². The normalized spacial score (nSPS) is 13.1. The van der Waals surface area contributed by atoms with E-state index >= 15 is 0 Å². The van der Waals surface area contributed by atoms with Gasteiger partial charge in [-0.2, -0.15) is 0 Å². The number of nitrogens with zero attached hydrogens (tertiary/aromatic N) is 1. The Hall–Kier alpha value is -2.54. The number of amides is 3. The highest BCUT2D eigenvalue weighted by Crippen LogP contribution is 2.24. The monoisotopic (exact) mass is 345 g/mol. The molecule has 6 nitrogen and oxygen atoms in total. The van der Waals surface area contributed by atoms with Crippen LogP contribution in [0.1, 0.15) is 17.4 Å². The summed E-state index contributed by atoms with van der Waals surface area (Å²) >= 11 is 1.75. The molecular weight excluding hydrogens is 326 g/mol. The van der Waals surface area contributed by atoms with Gasteiger partial charge in [0.15, 0.2) is 0 Å². The third-order valence-corrected chi connectivity index (χ3v) is 4.78. The van der Waals surface area contributed by atoms with Crippen LogP contribution >= 0.6 is 11.3 Å². The molecular formula is C17H19N3O3S. The second-order valence-corrected chi connectivity index (χ2v) is 6.39. The second kappa shape index (κ2) is 7.35. The van der Waals surface area contributed by atoms with Crippen LogP contribution in [-0.2, 0) is 17.7 Å². The zero-order valence-electron chi connectivity index (χ0n) is 13.4. The number of thiophene rings is 1. The third-order valence-electron chi connectivity index (χ3n) is 3.75. The zero-order valence-corrected chi connectivity index (χ0v) is 14.2. The quantitative estimate of drug-likeness (QED) is 0.886. The van der Waals surface area contributed by atoms with Gasteiger partial charge in [-0.15, -0.1) is 11.3 Å². The van der Waals surface area contributed by atoms with Gasteiger partial charge in [0.05, 0.1) is 6.61 Å². The summed E-state index contributed by atoms with van der Waals surface area (Å²) in [5.74, 6) is 0. The standard InChI is InChI=1S/C17H19N3O3S/c1-2-23-17(22)19-14-5-3-13(4-6-14)18-16(21)20-9-7-15-12(11-20)8-10-24-15/h3-6,8,10H,2,7,9,11H2,1H3,(H,18,21)(H,19,22). The van der Waals surface area contributed by atoms with Crippen LogP contribution in [0.25, 0.3) is 0 Å². The van der Waals surface area contributed by atoms with Crippen molar-refractivity contribution in [2.75, 3.05) is 23.8 Å². The average Bonchev–Trinajstić information content (AvgIpc) is 3.04. The predicted molar refractivity (Wildman–Crippen MR) is 94.5 cm³/mol. The molecule has 0 spiro atoms. The zero-order chi connectivity index (χ0) is 16.9. The van der Waals surface area contributed by atoms with Crippen LogP contribution in [0.3, 0.4) is 0 Å². The van der Waals surface area contributed by atoms with Gasteiger partial charge in [0.1, 0.15) is 0 Å². The minimum absolute atomic E-state index is 0.113. The van der Waals surface area contributed by atoms with Crippen LogP contribution in [0, 0.1) is 0 Å². The molecule has 0 bridgehead atoms. The molecule has 24 heavy (non-hydrogen) atoms. The van der Waals surface area contributed by atoms with E-state index in [4.69, 9.17) is 4.74 Å². The molecule has 3 amide bonds. The number of hydrogen-bond donors (Lipinski definition) is 2. The molecule has 1 aromatic heterocycles. The molecule has 0 aliphatic carbocycles. The number of benzene rings is 1. The lowest BCUT2D eigenvalue weighted by Crippen LogP contribution is -2.38. The van der Waals surface area contributed by atoms with Crippen LogP contribution in [0.15, 0.2) is 35.7 Å². The maximum absolute atomic E-state index is 12.4. The number of carbonyl (C=O) groups is 2. The van der Waals surface area contributed by atoms with E-state index in [0.29, 0.717) is 24.5 Å². The summed E-state index contributed by atoms with van der Waals surface area (Å²) in [5, 5.41) is 7.57. The molecule has 0 atom stereocenters. The first-order valence-corrected chi connectivity index (χ1v) is 8.68. The summed E-state index contributed by atoms with van der Waals surface area (Å²) < 4.78 is 4.82. The van der Waals surface area contributed by atoms with Crippen LogP contribution in [0.4, 0.5) is 21.0 Å². The average molecular weight is 345 g/mol. The van der Waals surface area contributed by atoms with Crippen molar-refractivity contribution in [2.45, 2.75) is 19.9 Å². The molecule has 2 N–H and O–H groups in total. The first kappa shape index (κ1) is 16.3. The first-order chi connectivity index (χ1) is 11.7. The van der Waals surface area contributed by atoms with Crippen molar-refractivity contribution in [3.8, 4) is 0 Å². The summed E-state index contributed by atoms with van der Waals surface area (Å²) in [4.78, 5) is 26.9. The fourth-order valence-electron chi connectivity index (χ4n) is 2.55. The van der Waals surface area contributed by atoms with Crippen LogP contribution in [-0.4, -0.2) is 30.2 Å². The Morgan fingerprint density at radius 3 is 2.58 bits per heavy atom. The van der Waals surface area contributed by atoms with Crippen molar-refractivity contribution < 1.29 is 14.3 Å². The van der Waals surface area contributed by atoms with Gasteiger partial charge in [-0.3, -0.25) is 5.32 Å². The Morgan fingerprint density at radius 1 is 1.17 bits per heavy atom. The number of nitrogens with one attached hydrogen (secondary N) is 2. The van der Waals surface area contributed by atoms with E-state index in [1.165, 1.54) is 10.4 Å². The third kappa shape index (κ3) is 3.86. The van der Waals surface area contributed by atoms with Gasteiger partial charge in [0.2, 0.25) is 0 Å². The van der Waals surface area contributed by atoms with Gasteiger partial charge in [-0.25, -0.2) is 9.59 Å². The lowest BCUT2D eigenvalue weighted by molar-refractivity contribution is 0.168. The van der Waals surface area contributed by atoms with Gasteiger partial charge < -0.3 is 15.0 Å². The maximum Gasteiger partial charge on any atom is 0.411 e. The van der Waals surface area contributed by atoms with Crippen LogP contribution < -0.4 is 10.6 Å². The number of rotatable bonds is 3. The Bertz CT molecular complexity index is 727. The summed E-state index contributed by atoms with van der Waals surface area (Å²) in [6.45, 7) is 3.44. The van der Waals surface area contributed by atoms with Crippen molar-refractivity contribution in [3.63, 3.8) is 0 Å². The molecule has 1 aliphatic heterocycles. The number of fused-ring (bicyclic) bond motifs is 1. The Kier molecular flexibility index (Phi) is 5.00. The molecule has 3 rings (SSSR count). The van der Waals surface area contributed by atoms with Gasteiger partial charge >= 0.3 is 12.1 Å². The minimum atomic E-state index is -0.492. The predicted octanol–water partition coefficient (Wildman–Crippen LogP) is 3.91. The van der Waals surface area contributed by atoms with Crippen molar-refractivity contribution in [1.29, 1.82) is 0 Å². The number of urea groups is 1. The van der Waals surface area contributed by atoms with E-state index < -0.39 is 6.09 Å². The summed E-state index contributed by atoms with van der Waals surface area (Å²) in [7, 11) is 0. The fraction of sp³-hybridized carbons (Fsp3) is 0.294. The van der Waals surface area contributed by atoms with E-state index in [0.717, 1.165) is 13.0 Å². The highest BCUT2D eigenvalue weighted by molar-refractivity contribution is 7.10. The van der Waals surface area contributed by atoms with Gasteiger partial charge in [-0.1, -0.05) is 0 Å². The Labute approximate surface area is 144 Å². The van der Waals surface area contributed by atoms with Crippen LogP contribution in [0.5, 0.6) is 0 Å². The fourth-order valence-corrected chi connectivity index (χ4v) is 3.44. The van der Waals surface area contributed by atoms with E-state index in [9.17, 15) is 9.59 Å². The molecule has 0 fully saturated rings. The molecule has 0 saturated carbocycles. The number of ether oxygens (including phenoxy) is 1. The minimum Gasteiger partial charge on any atom is -0.450 e. The molecule has 1 aromatic carbocycles. The highest BCUT2D eigenvalue weighted by atomic mass is 32.1. The summed E-state index contributed by atoms with van der Waals surface area (Å²) in [5.41, 5.74) is 2.54. The number of hydrogen-bond acceptors (Lipinski definition) is 4. The lowest BCUT2D eigenvalue weighted by Gasteiger charge is -2.27. The highest BCUT2D eigenvalue weighted by Gasteiger charge is 2.21. The SMILES string of the molecule is CCOC(=O)Nc1ccc(NC(=O)N2CCc3sccc3C2)cc1. The molecule has 0 unspecified atom stereocenters.